The van der Waals surface area contributed by atoms with Crippen LogP contribution in [-0.2, 0) is 4.79 Å². The Balaban J connectivity index is 2.29. The van der Waals surface area contributed by atoms with E-state index < -0.39 is 0 Å². The normalized spacial score (nSPS) is 20.7. The molecule has 1 aliphatic rings. The zero-order valence-corrected chi connectivity index (χ0v) is 9.77. The summed E-state index contributed by atoms with van der Waals surface area (Å²) in [6, 6.07) is 1.84. The molecular formula is C11H11BrN2O. The second kappa shape index (κ2) is 4.14. The summed E-state index contributed by atoms with van der Waals surface area (Å²) < 4.78 is 0.850. The standard InChI is InChI=1S/C11H11BrN2O/c1-2-8-5-11(15)14(7-8)10-3-4-13-6-9(10)12/h2-4,6,8H,1,5,7H2. The fourth-order valence-electron chi connectivity index (χ4n) is 1.71. The molecule has 3 nitrogen and oxygen atoms in total. The summed E-state index contributed by atoms with van der Waals surface area (Å²) >= 11 is 3.39. The fraction of sp³-hybridized carbons (Fsp3) is 0.273. The monoisotopic (exact) mass is 266 g/mol. The van der Waals surface area contributed by atoms with Crippen LogP contribution in [0.3, 0.4) is 0 Å². The number of hydrogen-bond acceptors (Lipinski definition) is 2. The largest absolute Gasteiger partial charge is 0.311 e. The highest BCUT2D eigenvalue weighted by atomic mass is 79.9. The summed E-state index contributed by atoms with van der Waals surface area (Å²) in [7, 11) is 0. The van der Waals surface area contributed by atoms with Gasteiger partial charge in [0.05, 0.1) is 10.2 Å². The van der Waals surface area contributed by atoms with Gasteiger partial charge in [-0.1, -0.05) is 6.08 Å². The molecule has 0 saturated carbocycles. The van der Waals surface area contributed by atoms with Crippen LogP contribution in [0.1, 0.15) is 6.42 Å². The van der Waals surface area contributed by atoms with Crippen molar-refractivity contribution in [3.05, 3.63) is 35.6 Å². The van der Waals surface area contributed by atoms with Gasteiger partial charge in [0.2, 0.25) is 5.91 Å². The summed E-state index contributed by atoms with van der Waals surface area (Å²) in [4.78, 5) is 17.5. The third-order valence-electron chi connectivity index (χ3n) is 2.53. The van der Waals surface area contributed by atoms with E-state index in [9.17, 15) is 4.79 Å². The van der Waals surface area contributed by atoms with E-state index >= 15 is 0 Å². The summed E-state index contributed by atoms with van der Waals surface area (Å²) in [5.41, 5.74) is 0.888. The van der Waals surface area contributed by atoms with Gasteiger partial charge in [-0.25, -0.2) is 0 Å². The Kier molecular flexibility index (Phi) is 2.86. The molecule has 2 heterocycles. The minimum atomic E-state index is 0.145. The van der Waals surface area contributed by atoms with E-state index in [1.54, 1.807) is 17.3 Å². The average molecular weight is 267 g/mol. The highest BCUT2D eigenvalue weighted by molar-refractivity contribution is 9.10. The van der Waals surface area contributed by atoms with Crippen molar-refractivity contribution >= 4 is 27.5 Å². The molecule has 1 aromatic heterocycles. The van der Waals surface area contributed by atoms with Crippen LogP contribution in [0.25, 0.3) is 0 Å². The highest BCUT2D eigenvalue weighted by Gasteiger charge is 2.29. The third-order valence-corrected chi connectivity index (χ3v) is 3.14. The van der Waals surface area contributed by atoms with Crippen LogP contribution in [-0.4, -0.2) is 17.4 Å². The maximum atomic E-state index is 11.7. The number of amides is 1. The van der Waals surface area contributed by atoms with Crippen molar-refractivity contribution in [1.29, 1.82) is 0 Å². The topological polar surface area (TPSA) is 33.2 Å². The Morgan fingerprint density at radius 1 is 1.67 bits per heavy atom. The number of aromatic nitrogens is 1. The lowest BCUT2D eigenvalue weighted by Gasteiger charge is -2.17. The molecule has 1 aliphatic heterocycles. The van der Waals surface area contributed by atoms with Gasteiger partial charge < -0.3 is 4.90 Å². The van der Waals surface area contributed by atoms with Crippen LogP contribution in [0.4, 0.5) is 5.69 Å². The third kappa shape index (κ3) is 1.95. The SMILES string of the molecule is C=CC1CC(=O)N(c2ccncc2Br)C1. The van der Waals surface area contributed by atoms with Crippen molar-refractivity contribution in [3.63, 3.8) is 0 Å². The molecule has 1 saturated heterocycles. The first-order valence-electron chi connectivity index (χ1n) is 4.75. The number of carbonyl (C=O) groups is 1. The van der Waals surface area contributed by atoms with E-state index in [0.29, 0.717) is 13.0 Å². The molecule has 0 bridgehead atoms. The summed E-state index contributed by atoms with van der Waals surface area (Å²) in [5.74, 6) is 0.407. The fourth-order valence-corrected chi connectivity index (χ4v) is 2.18. The highest BCUT2D eigenvalue weighted by Crippen LogP contribution is 2.30. The van der Waals surface area contributed by atoms with Crippen LogP contribution in [0.5, 0.6) is 0 Å². The molecule has 78 valence electrons. The van der Waals surface area contributed by atoms with Gasteiger partial charge in [-0.2, -0.15) is 0 Å². The maximum absolute atomic E-state index is 11.7. The summed E-state index contributed by atoms with van der Waals surface area (Å²) in [6.07, 6.45) is 5.78. The van der Waals surface area contributed by atoms with Crippen molar-refractivity contribution in [2.75, 3.05) is 11.4 Å². The lowest BCUT2D eigenvalue weighted by molar-refractivity contribution is -0.117. The van der Waals surface area contributed by atoms with Crippen LogP contribution in [0, 0.1) is 5.92 Å². The zero-order valence-electron chi connectivity index (χ0n) is 8.19. The number of nitrogens with zero attached hydrogens (tertiary/aromatic N) is 2. The Morgan fingerprint density at radius 3 is 3.07 bits per heavy atom. The van der Waals surface area contributed by atoms with Crippen molar-refractivity contribution in [3.8, 4) is 0 Å². The zero-order chi connectivity index (χ0) is 10.8. The number of anilines is 1. The van der Waals surface area contributed by atoms with Crippen molar-refractivity contribution in [2.24, 2.45) is 5.92 Å². The van der Waals surface area contributed by atoms with Gasteiger partial charge in [-0.3, -0.25) is 9.78 Å². The molecule has 1 aromatic rings. The first kappa shape index (κ1) is 10.4. The minimum absolute atomic E-state index is 0.145. The predicted octanol–water partition coefficient (Wildman–Crippen LogP) is 2.38. The molecule has 4 heteroatoms. The number of rotatable bonds is 2. The van der Waals surface area contributed by atoms with Crippen molar-refractivity contribution < 1.29 is 4.79 Å². The number of halogens is 1. The second-order valence-corrected chi connectivity index (χ2v) is 4.39. The van der Waals surface area contributed by atoms with Gasteiger partial charge in [0.25, 0.3) is 0 Å². The Bertz CT molecular complexity index is 405. The average Bonchev–Trinajstić information content (AvgIpc) is 2.60. The van der Waals surface area contributed by atoms with E-state index in [-0.39, 0.29) is 11.8 Å². The molecule has 15 heavy (non-hydrogen) atoms. The van der Waals surface area contributed by atoms with E-state index in [2.05, 4.69) is 27.5 Å². The first-order valence-corrected chi connectivity index (χ1v) is 5.54. The predicted molar refractivity (Wildman–Crippen MR) is 62.6 cm³/mol. The van der Waals surface area contributed by atoms with Gasteiger partial charge in [0.15, 0.2) is 0 Å². The molecule has 0 aromatic carbocycles. The van der Waals surface area contributed by atoms with Crippen LogP contribution in [0.15, 0.2) is 35.6 Å². The van der Waals surface area contributed by atoms with Crippen LogP contribution < -0.4 is 4.90 Å². The molecule has 0 N–H and O–H groups in total. The Morgan fingerprint density at radius 2 is 2.47 bits per heavy atom. The van der Waals surface area contributed by atoms with Gasteiger partial charge in [0, 0.05) is 31.3 Å². The Hall–Kier alpha value is -1.16. The first-order chi connectivity index (χ1) is 7.22. The molecular weight excluding hydrogens is 256 g/mol. The smallest absolute Gasteiger partial charge is 0.227 e. The Labute approximate surface area is 96.9 Å². The number of hydrogen-bond donors (Lipinski definition) is 0. The van der Waals surface area contributed by atoms with Gasteiger partial charge >= 0.3 is 0 Å². The van der Waals surface area contributed by atoms with Gasteiger partial charge in [0.1, 0.15) is 0 Å². The van der Waals surface area contributed by atoms with Crippen molar-refractivity contribution in [2.45, 2.75) is 6.42 Å². The van der Waals surface area contributed by atoms with E-state index in [1.165, 1.54) is 0 Å². The minimum Gasteiger partial charge on any atom is -0.311 e. The summed E-state index contributed by atoms with van der Waals surface area (Å²) in [5, 5.41) is 0. The molecule has 1 unspecified atom stereocenters. The molecule has 0 aliphatic carbocycles. The van der Waals surface area contributed by atoms with Crippen LogP contribution in [0.2, 0.25) is 0 Å². The van der Waals surface area contributed by atoms with E-state index in [1.807, 2.05) is 12.1 Å². The molecule has 0 spiro atoms. The molecule has 1 fully saturated rings. The summed E-state index contributed by atoms with van der Waals surface area (Å²) in [6.45, 7) is 4.44. The second-order valence-electron chi connectivity index (χ2n) is 3.53. The maximum Gasteiger partial charge on any atom is 0.227 e. The molecule has 2 rings (SSSR count). The quantitative estimate of drug-likeness (QED) is 0.771. The van der Waals surface area contributed by atoms with E-state index in [4.69, 9.17) is 0 Å². The van der Waals surface area contributed by atoms with E-state index in [0.717, 1.165) is 10.2 Å². The lowest BCUT2D eigenvalue weighted by Crippen LogP contribution is -2.24. The van der Waals surface area contributed by atoms with Crippen molar-refractivity contribution in [1.82, 2.24) is 4.98 Å². The van der Waals surface area contributed by atoms with Crippen LogP contribution >= 0.6 is 15.9 Å². The van der Waals surface area contributed by atoms with Gasteiger partial charge in [-0.05, 0) is 22.0 Å². The molecule has 1 atom stereocenters. The molecule has 0 radical (unpaired) electrons. The molecule has 1 amide bonds. The number of pyridine rings is 1. The number of carbonyl (C=O) groups excluding carboxylic acids is 1. The lowest BCUT2D eigenvalue weighted by atomic mass is 10.1. The van der Waals surface area contributed by atoms with Gasteiger partial charge in [-0.15, -0.1) is 6.58 Å².